The van der Waals surface area contributed by atoms with Crippen LogP contribution in [0.1, 0.15) is 335 Å². The maximum atomic E-state index is 12.4. The Kier molecular flexibility index (Phi) is 58.0. The van der Waals surface area contributed by atoms with Gasteiger partial charge in [-0.05, 0) is 57.8 Å². The van der Waals surface area contributed by atoms with Gasteiger partial charge in [-0.15, -0.1) is 0 Å². The van der Waals surface area contributed by atoms with Crippen molar-refractivity contribution in [1.82, 2.24) is 5.32 Å². The molecule has 1 amide bonds. The van der Waals surface area contributed by atoms with E-state index in [-0.39, 0.29) is 18.5 Å². The third-order valence-electron chi connectivity index (χ3n) is 14.4. The average molecular weight is 985 g/mol. The van der Waals surface area contributed by atoms with Crippen LogP contribution in [-0.4, -0.2) is 47.4 Å². The molecule has 0 radical (unpaired) electrons. The van der Waals surface area contributed by atoms with Gasteiger partial charge in [0.15, 0.2) is 0 Å². The van der Waals surface area contributed by atoms with Crippen molar-refractivity contribution in [2.24, 2.45) is 0 Å². The van der Waals surface area contributed by atoms with Crippen molar-refractivity contribution in [1.29, 1.82) is 0 Å². The van der Waals surface area contributed by atoms with Crippen LogP contribution in [0.25, 0.3) is 0 Å². The van der Waals surface area contributed by atoms with Gasteiger partial charge < -0.3 is 20.3 Å². The Bertz CT molecular complexity index is 1130. The van der Waals surface area contributed by atoms with E-state index in [4.69, 9.17) is 4.74 Å². The van der Waals surface area contributed by atoms with Crippen LogP contribution in [-0.2, 0) is 14.3 Å². The summed E-state index contributed by atoms with van der Waals surface area (Å²) < 4.78 is 5.48. The molecule has 6 nitrogen and oxygen atoms in total. The van der Waals surface area contributed by atoms with Crippen LogP contribution >= 0.6 is 0 Å². The molecular weight excluding hydrogens is 863 g/mol. The first kappa shape index (κ1) is 68.1. The quantitative estimate of drug-likeness (QED) is 0.0321. The normalized spacial score (nSPS) is 12.8. The number of aliphatic hydroxyl groups excluding tert-OH is 2. The lowest BCUT2D eigenvalue weighted by molar-refractivity contribution is -0.143. The molecular formula is C64H121NO5. The molecule has 6 heteroatoms. The second-order valence-electron chi connectivity index (χ2n) is 21.4. The molecule has 0 saturated heterocycles. The lowest BCUT2D eigenvalue weighted by Crippen LogP contribution is -2.45. The zero-order valence-corrected chi connectivity index (χ0v) is 47.0. The van der Waals surface area contributed by atoms with Crippen molar-refractivity contribution in [3.05, 3.63) is 36.5 Å². The largest absolute Gasteiger partial charge is 0.466 e. The maximum Gasteiger partial charge on any atom is 0.305 e. The number of hydrogen-bond acceptors (Lipinski definition) is 5. The standard InChI is InChI=1S/C64H121NO5/c1-3-5-7-9-11-13-15-16-34-38-42-46-50-54-58-64(69)70-59-55-51-47-43-39-35-32-30-28-26-24-22-20-18-17-19-21-23-25-27-29-31-33-37-41-45-49-53-57-63(68)65-61(60-66)62(67)56-52-48-44-40-36-14-12-10-8-6-4-2/h9,11,15-16,52,56,61-62,66-67H,3-8,10,12-14,17-51,53-55,57-60H2,1-2H3,(H,65,68)/b11-9-,16-15-,56-52+. The van der Waals surface area contributed by atoms with Gasteiger partial charge in [0.2, 0.25) is 5.91 Å². The number of nitrogens with one attached hydrogen (secondary N) is 1. The molecule has 0 saturated carbocycles. The molecule has 2 atom stereocenters. The molecule has 0 aliphatic heterocycles. The van der Waals surface area contributed by atoms with Crippen molar-refractivity contribution in [2.45, 2.75) is 347 Å². The monoisotopic (exact) mass is 984 g/mol. The predicted molar refractivity (Wildman–Crippen MR) is 306 cm³/mol. The van der Waals surface area contributed by atoms with Crippen LogP contribution in [0.3, 0.4) is 0 Å². The fourth-order valence-electron chi connectivity index (χ4n) is 9.59. The van der Waals surface area contributed by atoms with Crippen molar-refractivity contribution < 1.29 is 24.5 Å². The van der Waals surface area contributed by atoms with Gasteiger partial charge >= 0.3 is 5.97 Å². The minimum absolute atomic E-state index is 0.00360. The number of carbonyl (C=O) groups is 2. The SMILES string of the molecule is CCCC/C=C\C/C=C\CCCCCCCC(=O)OCCCCCCCCCCCCCCCCCCCCCCCCCCCCCCC(=O)NC(CO)C(O)/C=C/CCCCCCCCCCC. The van der Waals surface area contributed by atoms with E-state index in [2.05, 4.69) is 43.5 Å². The molecule has 3 N–H and O–H groups in total. The molecule has 0 heterocycles. The number of esters is 1. The number of carbonyl (C=O) groups excluding carboxylic acids is 2. The molecule has 2 unspecified atom stereocenters. The minimum Gasteiger partial charge on any atom is -0.466 e. The number of ether oxygens (including phenoxy) is 1. The summed E-state index contributed by atoms with van der Waals surface area (Å²) in [5.74, 6) is -0.0619. The summed E-state index contributed by atoms with van der Waals surface area (Å²) in [5, 5.41) is 23.0. The lowest BCUT2D eigenvalue weighted by atomic mass is 10.0. The van der Waals surface area contributed by atoms with Crippen LogP contribution in [0.4, 0.5) is 0 Å². The summed E-state index contributed by atoms with van der Waals surface area (Å²) in [6.07, 6.45) is 74.9. The zero-order valence-electron chi connectivity index (χ0n) is 47.0. The molecule has 412 valence electrons. The zero-order chi connectivity index (χ0) is 50.7. The Morgan fingerprint density at radius 3 is 1.13 bits per heavy atom. The van der Waals surface area contributed by atoms with Crippen LogP contribution in [0.5, 0.6) is 0 Å². The van der Waals surface area contributed by atoms with Gasteiger partial charge in [-0.3, -0.25) is 9.59 Å². The number of hydrogen-bond donors (Lipinski definition) is 3. The summed E-state index contributed by atoms with van der Waals surface area (Å²) >= 11 is 0. The van der Waals surface area contributed by atoms with Gasteiger partial charge in [0.25, 0.3) is 0 Å². The second kappa shape index (κ2) is 59.6. The van der Waals surface area contributed by atoms with E-state index < -0.39 is 12.1 Å². The summed E-state index contributed by atoms with van der Waals surface area (Å²) in [6.45, 7) is 4.86. The topological polar surface area (TPSA) is 95.9 Å². The van der Waals surface area contributed by atoms with Crippen molar-refractivity contribution in [3.63, 3.8) is 0 Å². The Hall–Kier alpha value is -1.92. The average Bonchev–Trinajstić information content (AvgIpc) is 3.36. The highest BCUT2D eigenvalue weighted by Crippen LogP contribution is 2.18. The minimum atomic E-state index is -0.841. The van der Waals surface area contributed by atoms with Gasteiger partial charge in [0.1, 0.15) is 0 Å². The third-order valence-corrected chi connectivity index (χ3v) is 14.4. The molecule has 0 spiro atoms. The Morgan fingerprint density at radius 2 is 0.729 bits per heavy atom. The van der Waals surface area contributed by atoms with Gasteiger partial charge in [-0.2, -0.15) is 0 Å². The molecule has 0 aromatic rings. The Labute approximate surface area is 436 Å². The fourth-order valence-corrected chi connectivity index (χ4v) is 9.59. The molecule has 0 aromatic heterocycles. The molecule has 0 aromatic carbocycles. The number of amides is 1. The van der Waals surface area contributed by atoms with Gasteiger partial charge in [-0.25, -0.2) is 0 Å². The first-order chi connectivity index (χ1) is 34.5. The molecule has 0 fully saturated rings. The molecule has 0 rings (SSSR count). The predicted octanol–water partition coefficient (Wildman–Crippen LogP) is 19.6. The smallest absolute Gasteiger partial charge is 0.305 e. The van der Waals surface area contributed by atoms with E-state index in [1.807, 2.05) is 6.08 Å². The van der Waals surface area contributed by atoms with Gasteiger partial charge in [0, 0.05) is 12.8 Å². The summed E-state index contributed by atoms with van der Waals surface area (Å²) in [7, 11) is 0. The Morgan fingerprint density at radius 1 is 0.400 bits per heavy atom. The second-order valence-corrected chi connectivity index (χ2v) is 21.4. The first-order valence-corrected chi connectivity index (χ1v) is 31.3. The van der Waals surface area contributed by atoms with E-state index in [1.165, 1.54) is 257 Å². The van der Waals surface area contributed by atoms with Crippen LogP contribution in [0.2, 0.25) is 0 Å². The van der Waals surface area contributed by atoms with Crippen LogP contribution in [0, 0.1) is 0 Å². The van der Waals surface area contributed by atoms with Crippen LogP contribution < -0.4 is 5.32 Å². The molecule has 0 aliphatic rings. The van der Waals surface area contributed by atoms with Crippen molar-refractivity contribution in [2.75, 3.05) is 13.2 Å². The molecule has 0 bridgehead atoms. The number of unbranched alkanes of at least 4 members (excludes halogenated alkanes) is 43. The summed E-state index contributed by atoms with van der Waals surface area (Å²) in [4.78, 5) is 24.5. The van der Waals surface area contributed by atoms with Crippen molar-refractivity contribution in [3.8, 4) is 0 Å². The first-order valence-electron chi connectivity index (χ1n) is 31.3. The van der Waals surface area contributed by atoms with Gasteiger partial charge in [-0.1, -0.05) is 301 Å². The maximum absolute atomic E-state index is 12.4. The van der Waals surface area contributed by atoms with E-state index in [1.54, 1.807) is 6.08 Å². The molecule has 0 aliphatic carbocycles. The molecule has 70 heavy (non-hydrogen) atoms. The number of rotatable bonds is 58. The number of aliphatic hydroxyl groups is 2. The van der Waals surface area contributed by atoms with E-state index in [9.17, 15) is 19.8 Å². The third kappa shape index (κ3) is 55.4. The van der Waals surface area contributed by atoms with Crippen LogP contribution in [0.15, 0.2) is 36.5 Å². The fraction of sp³-hybridized carbons (Fsp3) is 0.875. The highest BCUT2D eigenvalue weighted by atomic mass is 16.5. The van der Waals surface area contributed by atoms with E-state index in [0.717, 1.165) is 51.4 Å². The number of allylic oxidation sites excluding steroid dienone is 5. The van der Waals surface area contributed by atoms with E-state index in [0.29, 0.717) is 19.4 Å². The lowest BCUT2D eigenvalue weighted by Gasteiger charge is -2.20. The highest BCUT2D eigenvalue weighted by molar-refractivity contribution is 5.76. The summed E-state index contributed by atoms with van der Waals surface area (Å²) in [5.41, 5.74) is 0. The summed E-state index contributed by atoms with van der Waals surface area (Å²) in [6, 6.07) is -0.624. The van der Waals surface area contributed by atoms with Crippen molar-refractivity contribution >= 4 is 11.9 Å². The Balaban J connectivity index is 3.34. The van der Waals surface area contributed by atoms with Gasteiger partial charge in [0.05, 0.1) is 25.4 Å². The van der Waals surface area contributed by atoms with E-state index >= 15 is 0 Å². The highest BCUT2D eigenvalue weighted by Gasteiger charge is 2.18.